The van der Waals surface area contributed by atoms with Gasteiger partial charge in [0.1, 0.15) is 17.6 Å². The molecule has 1 unspecified atom stereocenters. The van der Waals surface area contributed by atoms with E-state index < -0.39 is 0 Å². The second-order valence-corrected chi connectivity index (χ2v) is 7.64. The minimum absolute atomic E-state index is 0.137. The van der Waals surface area contributed by atoms with Gasteiger partial charge in [0, 0.05) is 12.6 Å². The topological polar surface area (TPSA) is 74.3 Å². The molecule has 2 aromatic carbocycles. The molecule has 3 aromatic rings. The van der Waals surface area contributed by atoms with Gasteiger partial charge in [0.2, 0.25) is 17.5 Å². The molecule has 0 bridgehead atoms. The SMILES string of the molecule is COc1ccc(C(CNc2oc(C=Cc3ccc(F)cc3)nc2C#N)N2CCCC2)cc1. The summed E-state index contributed by atoms with van der Waals surface area (Å²) in [6.45, 7) is 2.65. The Morgan fingerprint density at radius 3 is 2.53 bits per heavy atom. The van der Waals surface area contributed by atoms with Gasteiger partial charge in [-0.2, -0.15) is 10.2 Å². The van der Waals surface area contributed by atoms with Gasteiger partial charge in [0.25, 0.3) is 0 Å². The van der Waals surface area contributed by atoms with Crippen LogP contribution in [0.25, 0.3) is 12.2 Å². The Morgan fingerprint density at radius 1 is 1.16 bits per heavy atom. The molecule has 1 aliphatic heterocycles. The van der Waals surface area contributed by atoms with Crippen LogP contribution in [0.5, 0.6) is 5.75 Å². The number of benzene rings is 2. The molecular weight excluding hydrogens is 407 g/mol. The number of likely N-dealkylation sites (tertiary alicyclic amines) is 1. The molecule has 0 radical (unpaired) electrons. The molecule has 1 aromatic heterocycles. The number of ether oxygens (including phenoxy) is 1. The van der Waals surface area contributed by atoms with Gasteiger partial charge in [0.05, 0.1) is 13.2 Å². The van der Waals surface area contributed by atoms with Crippen LogP contribution < -0.4 is 10.1 Å². The van der Waals surface area contributed by atoms with E-state index in [0.717, 1.165) is 24.4 Å². The molecule has 2 heterocycles. The summed E-state index contributed by atoms with van der Waals surface area (Å²) in [6.07, 6.45) is 5.79. The molecule has 1 saturated heterocycles. The Bertz CT molecular complexity index is 1090. The van der Waals surface area contributed by atoms with Crippen molar-refractivity contribution in [2.45, 2.75) is 18.9 Å². The van der Waals surface area contributed by atoms with E-state index in [1.165, 1.54) is 30.5 Å². The van der Waals surface area contributed by atoms with Crippen molar-refractivity contribution in [3.05, 3.63) is 77.1 Å². The number of nitrogens with one attached hydrogen (secondary N) is 1. The van der Waals surface area contributed by atoms with Crippen LogP contribution in [0.1, 0.15) is 41.6 Å². The van der Waals surface area contributed by atoms with Gasteiger partial charge in [0.15, 0.2) is 0 Å². The fraction of sp³-hybridized carbons (Fsp3) is 0.280. The number of anilines is 1. The predicted octanol–water partition coefficient (Wildman–Crippen LogP) is 5.11. The van der Waals surface area contributed by atoms with Gasteiger partial charge < -0.3 is 14.5 Å². The van der Waals surface area contributed by atoms with E-state index in [1.54, 1.807) is 31.4 Å². The first kappa shape index (κ1) is 21.6. The lowest BCUT2D eigenvalue weighted by molar-refractivity contribution is 0.255. The predicted molar refractivity (Wildman–Crippen MR) is 122 cm³/mol. The third-order valence-corrected chi connectivity index (χ3v) is 5.58. The van der Waals surface area contributed by atoms with Crippen molar-refractivity contribution in [2.75, 3.05) is 32.1 Å². The van der Waals surface area contributed by atoms with Crippen LogP contribution in [-0.4, -0.2) is 36.6 Å². The highest BCUT2D eigenvalue weighted by atomic mass is 19.1. The third kappa shape index (κ3) is 5.16. The Kier molecular flexibility index (Phi) is 6.83. The van der Waals surface area contributed by atoms with E-state index in [2.05, 4.69) is 33.4 Å². The van der Waals surface area contributed by atoms with Gasteiger partial charge in [-0.3, -0.25) is 4.90 Å². The van der Waals surface area contributed by atoms with Crippen LogP contribution in [-0.2, 0) is 0 Å². The Morgan fingerprint density at radius 2 is 1.88 bits per heavy atom. The average molecular weight is 432 g/mol. The van der Waals surface area contributed by atoms with Gasteiger partial charge in [-0.15, -0.1) is 0 Å². The molecule has 1 aliphatic rings. The molecule has 0 amide bonds. The minimum Gasteiger partial charge on any atom is -0.497 e. The zero-order valence-corrected chi connectivity index (χ0v) is 17.9. The average Bonchev–Trinajstić information content (AvgIpc) is 3.49. The first-order valence-corrected chi connectivity index (χ1v) is 10.6. The van der Waals surface area contributed by atoms with Crippen molar-refractivity contribution in [3.63, 3.8) is 0 Å². The summed E-state index contributed by atoms with van der Waals surface area (Å²) in [5.41, 5.74) is 2.19. The highest BCUT2D eigenvalue weighted by molar-refractivity contribution is 5.67. The Balaban J connectivity index is 1.49. The molecule has 6 nitrogen and oxygen atoms in total. The number of oxazole rings is 1. The van der Waals surface area contributed by atoms with Crippen LogP contribution in [0.4, 0.5) is 10.3 Å². The van der Waals surface area contributed by atoms with Crippen molar-refractivity contribution >= 4 is 18.0 Å². The van der Waals surface area contributed by atoms with Crippen molar-refractivity contribution in [1.82, 2.24) is 9.88 Å². The zero-order chi connectivity index (χ0) is 22.3. The smallest absolute Gasteiger partial charge is 0.232 e. The van der Waals surface area contributed by atoms with Crippen LogP contribution in [0, 0.1) is 17.1 Å². The van der Waals surface area contributed by atoms with Gasteiger partial charge in [-0.1, -0.05) is 24.3 Å². The van der Waals surface area contributed by atoms with E-state index in [9.17, 15) is 9.65 Å². The van der Waals surface area contributed by atoms with Crippen molar-refractivity contribution in [2.24, 2.45) is 0 Å². The molecule has 0 saturated carbocycles. The molecule has 1 atom stereocenters. The molecule has 0 spiro atoms. The number of hydrogen-bond acceptors (Lipinski definition) is 6. The maximum atomic E-state index is 13.1. The first-order chi connectivity index (χ1) is 15.7. The number of nitrogens with zero attached hydrogens (tertiary/aromatic N) is 3. The number of nitriles is 1. The summed E-state index contributed by atoms with van der Waals surface area (Å²) < 4.78 is 24.1. The number of methoxy groups -OCH3 is 1. The zero-order valence-electron chi connectivity index (χ0n) is 17.9. The fourth-order valence-corrected chi connectivity index (χ4v) is 3.87. The number of aromatic nitrogens is 1. The highest BCUT2D eigenvalue weighted by Gasteiger charge is 2.24. The van der Waals surface area contributed by atoms with Gasteiger partial charge in [-0.05, 0) is 67.4 Å². The maximum Gasteiger partial charge on any atom is 0.232 e. The van der Waals surface area contributed by atoms with E-state index in [4.69, 9.17) is 9.15 Å². The van der Waals surface area contributed by atoms with E-state index in [-0.39, 0.29) is 17.6 Å². The lowest BCUT2D eigenvalue weighted by Crippen LogP contribution is -2.31. The number of rotatable bonds is 8. The van der Waals surface area contributed by atoms with E-state index in [0.29, 0.717) is 18.3 Å². The quantitative estimate of drug-likeness (QED) is 0.533. The summed E-state index contributed by atoms with van der Waals surface area (Å²) in [7, 11) is 1.66. The molecule has 7 heteroatoms. The molecule has 1 N–H and O–H groups in total. The van der Waals surface area contributed by atoms with Crippen molar-refractivity contribution in [1.29, 1.82) is 5.26 Å². The third-order valence-electron chi connectivity index (χ3n) is 5.58. The van der Waals surface area contributed by atoms with Crippen LogP contribution in [0.15, 0.2) is 52.9 Å². The van der Waals surface area contributed by atoms with Gasteiger partial charge >= 0.3 is 0 Å². The summed E-state index contributed by atoms with van der Waals surface area (Å²) >= 11 is 0. The largest absolute Gasteiger partial charge is 0.497 e. The second kappa shape index (κ2) is 10.1. The van der Waals surface area contributed by atoms with E-state index in [1.807, 2.05) is 12.1 Å². The fourth-order valence-electron chi connectivity index (χ4n) is 3.87. The lowest BCUT2D eigenvalue weighted by Gasteiger charge is -2.28. The van der Waals surface area contributed by atoms with E-state index >= 15 is 0 Å². The second-order valence-electron chi connectivity index (χ2n) is 7.64. The number of hydrogen-bond donors (Lipinski definition) is 1. The number of halogens is 1. The van der Waals surface area contributed by atoms with Crippen molar-refractivity contribution < 1.29 is 13.5 Å². The maximum absolute atomic E-state index is 13.1. The van der Waals surface area contributed by atoms with Crippen molar-refractivity contribution in [3.8, 4) is 11.8 Å². The van der Waals surface area contributed by atoms with Crippen LogP contribution >= 0.6 is 0 Å². The molecule has 0 aliphatic carbocycles. The molecule has 32 heavy (non-hydrogen) atoms. The molecule has 4 rings (SSSR count). The first-order valence-electron chi connectivity index (χ1n) is 10.6. The summed E-state index contributed by atoms with van der Waals surface area (Å²) in [5.74, 6) is 1.20. The highest BCUT2D eigenvalue weighted by Crippen LogP contribution is 2.28. The Labute approximate surface area is 186 Å². The lowest BCUT2D eigenvalue weighted by atomic mass is 10.1. The molecule has 164 valence electrons. The van der Waals surface area contributed by atoms with Gasteiger partial charge in [-0.25, -0.2) is 4.39 Å². The summed E-state index contributed by atoms with van der Waals surface area (Å²) in [6, 6.07) is 16.4. The molecular formula is C25H25FN4O2. The standard InChI is InChI=1S/C25H25FN4O2/c1-31-21-11-7-19(8-12-21)23(30-14-2-3-15-30)17-28-25-22(16-27)29-24(32-25)13-6-18-4-9-20(26)10-5-18/h4-13,23,28H,2-3,14-15,17H2,1H3. The normalized spacial score (nSPS) is 15.0. The van der Waals surface area contributed by atoms with Crippen LogP contribution in [0.3, 0.4) is 0 Å². The van der Waals surface area contributed by atoms with Crippen LogP contribution in [0.2, 0.25) is 0 Å². The Hall–Kier alpha value is -3.63. The summed E-state index contributed by atoms with van der Waals surface area (Å²) in [4.78, 5) is 6.69. The monoisotopic (exact) mass is 432 g/mol. The minimum atomic E-state index is -0.291. The molecule has 1 fully saturated rings. The summed E-state index contributed by atoms with van der Waals surface area (Å²) in [5, 5.41) is 12.8.